The molecule has 1 aromatic heterocycles. The van der Waals surface area contributed by atoms with E-state index in [9.17, 15) is 8.42 Å². The van der Waals surface area contributed by atoms with E-state index in [0.717, 1.165) is 18.4 Å². The van der Waals surface area contributed by atoms with Gasteiger partial charge < -0.3 is 9.47 Å². The summed E-state index contributed by atoms with van der Waals surface area (Å²) < 4.78 is 37.0. The van der Waals surface area contributed by atoms with Crippen LogP contribution >= 0.6 is 0 Å². The monoisotopic (exact) mass is 326 g/mol. The van der Waals surface area contributed by atoms with Gasteiger partial charge in [-0.2, -0.15) is 4.31 Å². The number of hydrogen-bond donors (Lipinski definition) is 0. The van der Waals surface area contributed by atoms with Crippen LogP contribution in [0.5, 0.6) is 0 Å². The Morgan fingerprint density at radius 2 is 2.32 bits per heavy atom. The fourth-order valence-electron chi connectivity index (χ4n) is 3.43. The molecule has 3 unspecified atom stereocenters. The molecule has 7 heteroatoms. The van der Waals surface area contributed by atoms with Gasteiger partial charge in [0.25, 0.3) is 0 Å². The van der Waals surface area contributed by atoms with Crippen LogP contribution in [0.15, 0.2) is 24.5 Å². The highest BCUT2D eigenvalue weighted by Gasteiger charge is 2.45. The minimum Gasteiger partial charge on any atom is -0.376 e. The summed E-state index contributed by atoms with van der Waals surface area (Å²) in [5.41, 5.74) is 1.04. The van der Waals surface area contributed by atoms with Gasteiger partial charge in [-0.05, 0) is 24.5 Å². The summed E-state index contributed by atoms with van der Waals surface area (Å²) in [5, 5.41) is 0. The van der Waals surface area contributed by atoms with Gasteiger partial charge in [0.1, 0.15) is 0 Å². The molecule has 3 rings (SSSR count). The van der Waals surface area contributed by atoms with E-state index in [-0.39, 0.29) is 18.1 Å². The first kappa shape index (κ1) is 15.9. The van der Waals surface area contributed by atoms with Crippen LogP contribution in [0.1, 0.15) is 18.4 Å². The normalized spacial score (nSPS) is 29.4. The van der Waals surface area contributed by atoms with E-state index < -0.39 is 10.0 Å². The van der Waals surface area contributed by atoms with Gasteiger partial charge in [0, 0.05) is 24.9 Å². The van der Waals surface area contributed by atoms with Gasteiger partial charge in [-0.25, -0.2) is 8.42 Å². The summed E-state index contributed by atoms with van der Waals surface area (Å²) in [6.45, 7) is 2.04. The molecule has 0 aromatic carbocycles. The lowest BCUT2D eigenvalue weighted by Gasteiger charge is -2.37. The largest absolute Gasteiger partial charge is 0.376 e. The number of ether oxygens (including phenoxy) is 2. The highest BCUT2D eigenvalue weighted by molar-refractivity contribution is 7.88. The average Bonchev–Trinajstić information content (AvgIpc) is 2.91. The predicted octanol–water partition coefficient (Wildman–Crippen LogP) is 1.04. The van der Waals surface area contributed by atoms with E-state index in [2.05, 4.69) is 4.98 Å². The third kappa shape index (κ3) is 3.48. The second kappa shape index (κ2) is 6.62. The first-order valence-corrected chi connectivity index (χ1v) is 9.45. The van der Waals surface area contributed by atoms with E-state index in [1.54, 1.807) is 16.7 Å². The molecule has 122 valence electrons. The Morgan fingerprint density at radius 1 is 1.45 bits per heavy atom. The topological polar surface area (TPSA) is 68.7 Å². The minimum absolute atomic E-state index is 0.0317. The number of aromatic nitrogens is 1. The van der Waals surface area contributed by atoms with Crippen LogP contribution in [0.3, 0.4) is 0 Å². The summed E-state index contributed by atoms with van der Waals surface area (Å²) in [4.78, 5) is 4.06. The van der Waals surface area contributed by atoms with Crippen molar-refractivity contribution < 1.29 is 17.9 Å². The fourth-order valence-corrected chi connectivity index (χ4v) is 4.55. The van der Waals surface area contributed by atoms with Crippen LogP contribution < -0.4 is 0 Å². The molecular formula is C15H22N2O4S. The van der Waals surface area contributed by atoms with Crippen molar-refractivity contribution in [2.24, 2.45) is 5.92 Å². The second-order valence-corrected chi connectivity index (χ2v) is 7.93. The Kier molecular flexibility index (Phi) is 4.77. The van der Waals surface area contributed by atoms with Crippen LogP contribution in [0.25, 0.3) is 0 Å². The fraction of sp³-hybridized carbons (Fsp3) is 0.667. The second-order valence-electron chi connectivity index (χ2n) is 5.99. The number of rotatable bonds is 5. The van der Waals surface area contributed by atoms with E-state index in [1.807, 2.05) is 12.1 Å². The Hall–Kier alpha value is -1.02. The van der Waals surface area contributed by atoms with Gasteiger partial charge in [0.15, 0.2) is 0 Å². The maximum Gasteiger partial charge on any atom is 0.211 e. The number of morpholine rings is 1. The van der Waals surface area contributed by atoms with Gasteiger partial charge in [0.05, 0.1) is 38.2 Å². The highest BCUT2D eigenvalue weighted by Crippen LogP contribution is 2.35. The Labute approximate surface area is 131 Å². The molecule has 1 saturated heterocycles. The first-order valence-electron chi connectivity index (χ1n) is 7.61. The number of sulfonamides is 1. The van der Waals surface area contributed by atoms with Crippen molar-refractivity contribution in [3.63, 3.8) is 0 Å². The molecule has 1 saturated carbocycles. The lowest BCUT2D eigenvalue weighted by Crippen LogP contribution is -2.52. The molecule has 2 heterocycles. The van der Waals surface area contributed by atoms with Crippen LogP contribution in [0.2, 0.25) is 0 Å². The van der Waals surface area contributed by atoms with Crippen molar-refractivity contribution in [3.05, 3.63) is 30.1 Å². The van der Waals surface area contributed by atoms with Gasteiger partial charge >= 0.3 is 0 Å². The molecule has 2 fully saturated rings. The first-order chi connectivity index (χ1) is 10.6. The smallest absolute Gasteiger partial charge is 0.211 e. The zero-order valence-electron chi connectivity index (χ0n) is 12.7. The third-order valence-corrected chi connectivity index (χ3v) is 5.72. The van der Waals surface area contributed by atoms with Crippen molar-refractivity contribution in [3.8, 4) is 0 Å². The highest BCUT2D eigenvalue weighted by atomic mass is 32.2. The quantitative estimate of drug-likeness (QED) is 0.808. The van der Waals surface area contributed by atoms with Crippen molar-refractivity contribution in [1.29, 1.82) is 0 Å². The molecule has 0 amide bonds. The molecule has 3 atom stereocenters. The minimum atomic E-state index is -3.16. The third-order valence-electron chi connectivity index (χ3n) is 4.42. The van der Waals surface area contributed by atoms with Crippen molar-refractivity contribution in [1.82, 2.24) is 9.29 Å². The maximum absolute atomic E-state index is 11.9. The summed E-state index contributed by atoms with van der Waals surface area (Å²) in [7, 11) is -3.16. The summed E-state index contributed by atoms with van der Waals surface area (Å²) in [5.74, 6) is 0.256. The molecule has 1 aliphatic heterocycles. The maximum atomic E-state index is 11.9. The summed E-state index contributed by atoms with van der Waals surface area (Å²) in [6.07, 6.45) is 6.55. The van der Waals surface area contributed by atoms with Gasteiger partial charge in [-0.15, -0.1) is 0 Å². The van der Waals surface area contributed by atoms with Crippen molar-refractivity contribution in [2.45, 2.75) is 31.6 Å². The standard InChI is InChI=1S/C15H22N2O4S/c1-22(18,19)17-7-8-21-15-13(4-5-14(15)17)11-20-10-12-3-2-6-16-9-12/h2-3,6,9,13-15H,4-5,7-8,10-11H2,1H3. The Bertz CT molecular complexity index is 593. The van der Waals surface area contributed by atoms with E-state index in [4.69, 9.17) is 9.47 Å². The van der Waals surface area contributed by atoms with Crippen LogP contribution in [0.4, 0.5) is 0 Å². The van der Waals surface area contributed by atoms with Crippen LogP contribution in [0, 0.1) is 5.92 Å². The van der Waals surface area contributed by atoms with E-state index in [0.29, 0.717) is 26.4 Å². The van der Waals surface area contributed by atoms with Crippen LogP contribution in [-0.2, 0) is 26.1 Å². The molecule has 2 aliphatic rings. The molecule has 0 bridgehead atoms. The van der Waals surface area contributed by atoms with Crippen LogP contribution in [-0.4, -0.2) is 55.9 Å². The molecule has 0 radical (unpaired) electrons. The molecule has 0 N–H and O–H groups in total. The van der Waals surface area contributed by atoms with E-state index in [1.165, 1.54) is 6.26 Å². The van der Waals surface area contributed by atoms with Gasteiger partial charge in [0.2, 0.25) is 10.0 Å². The van der Waals surface area contributed by atoms with E-state index >= 15 is 0 Å². The molecule has 6 nitrogen and oxygen atoms in total. The Morgan fingerprint density at radius 3 is 3.05 bits per heavy atom. The average molecular weight is 326 g/mol. The lowest BCUT2D eigenvalue weighted by molar-refractivity contribution is -0.0638. The molecule has 0 spiro atoms. The predicted molar refractivity (Wildman–Crippen MR) is 81.7 cm³/mol. The number of fused-ring (bicyclic) bond motifs is 1. The number of nitrogens with zero attached hydrogens (tertiary/aromatic N) is 2. The summed E-state index contributed by atoms with van der Waals surface area (Å²) in [6, 6.07) is 3.83. The van der Waals surface area contributed by atoms with Gasteiger partial charge in [-0.3, -0.25) is 4.98 Å². The molecular weight excluding hydrogens is 304 g/mol. The Balaban J connectivity index is 1.56. The van der Waals surface area contributed by atoms with Gasteiger partial charge in [-0.1, -0.05) is 6.07 Å². The lowest BCUT2D eigenvalue weighted by atomic mass is 10.1. The summed E-state index contributed by atoms with van der Waals surface area (Å²) >= 11 is 0. The molecule has 1 aliphatic carbocycles. The van der Waals surface area contributed by atoms with Crippen molar-refractivity contribution >= 4 is 10.0 Å². The zero-order valence-corrected chi connectivity index (χ0v) is 13.5. The number of hydrogen-bond acceptors (Lipinski definition) is 5. The number of pyridine rings is 1. The van der Waals surface area contributed by atoms with Crippen molar-refractivity contribution in [2.75, 3.05) is 26.0 Å². The zero-order chi connectivity index (χ0) is 15.6. The molecule has 1 aromatic rings. The SMILES string of the molecule is CS(=O)(=O)N1CCOC2C(COCc3cccnc3)CCC21. The molecule has 22 heavy (non-hydrogen) atoms.